The van der Waals surface area contributed by atoms with Crippen LogP contribution in [-0.2, 0) is 22.7 Å². The lowest BCUT2D eigenvalue weighted by Gasteiger charge is -2.33. The molecule has 0 unspecified atom stereocenters. The van der Waals surface area contributed by atoms with Crippen molar-refractivity contribution in [2.45, 2.75) is 128 Å². The quantitative estimate of drug-likeness (QED) is 0.349. The first kappa shape index (κ1) is 28.2. The zero-order valence-electron chi connectivity index (χ0n) is 24.2. The van der Waals surface area contributed by atoms with Gasteiger partial charge in [0, 0.05) is 19.5 Å². The van der Waals surface area contributed by atoms with Gasteiger partial charge in [0.05, 0.1) is 6.54 Å². The van der Waals surface area contributed by atoms with E-state index < -0.39 is 5.54 Å². The van der Waals surface area contributed by atoms with Crippen LogP contribution >= 0.6 is 0 Å². The molecule has 0 aromatic heterocycles. The number of carbonyl (C=O) groups excluding carboxylic acids is 2. The van der Waals surface area contributed by atoms with Crippen LogP contribution in [0.2, 0.25) is 0 Å². The van der Waals surface area contributed by atoms with Crippen LogP contribution in [0.1, 0.15) is 121 Å². The molecule has 2 atom stereocenters. The number of amides is 2. The average Bonchev–Trinajstić information content (AvgIpc) is 3.40. The first-order chi connectivity index (χ1) is 19.0. The molecule has 2 aliphatic carbocycles. The summed E-state index contributed by atoms with van der Waals surface area (Å²) in [6.45, 7) is 4.18. The van der Waals surface area contributed by atoms with Gasteiger partial charge in [-0.25, -0.2) is 4.99 Å². The Morgan fingerprint density at radius 2 is 1.46 bits per heavy atom. The summed E-state index contributed by atoms with van der Waals surface area (Å²) in [4.78, 5) is 35.3. The maximum Gasteiger partial charge on any atom is 0.257 e. The third-order valence-electron chi connectivity index (χ3n) is 10.0. The van der Waals surface area contributed by atoms with Crippen molar-refractivity contribution in [1.82, 2.24) is 9.80 Å². The van der Waals surface area contributed by atoms with Crippen LogP contribution in [0, 0.1) is 17.8 Å². The zero-order valence-corrected chi connectivity index (χ0v) is 24.2. The van der Waals surface area contributed by atoms with Gasteiger partial charge >= 0.3 is 0 Å². The smallest absolute Gasteiger partial charge is 0.257 e. The molecule has 2 saturated carbocycles. The molecule has 1 saturated heterocycles. The molecule has 214 valence electrons. The summed E-state index contributed by atoms with van der Waals surface area (Å²) < 4.78 is 0. The van der Waals surface area contributed by atoms with Crippen LogP contribution in [0.15, 0.2) is 29.3 Å². The van der Waals surface area contributed by atoms with Gasteiger partial charge in [0.25, 0.3) is 5.91 Å². The van der Waals surface area contributed by atoms with Crippen molar-refractivity contribution in [3.05, 3.63) is 35.4 Å². The first-order valence-electron chi connectivity index (χ1n) is 16.0. The Morgan fingerprint density at radius 1 is 0.846 bits per heavy atom. The molecule has 0 bridgehead atoms. The minimum atomic E-state index is -0.672. The second-order valence-electron chi connectivity index (χ2n) is 13.1. The number of nitrogens with two attached hydrogens (primary N) is 1. The Bertz CT molecular complexity index is 1010. The molecule has 6 heteroatoms. The summed E-state index contributed by atoms with van der Waals surface area (Å²) in [5.74, 6) is 2.59. The van der Waals surface area contributed by atoms with Crippen LogP contribution in [0.3, 0.4) is 0 Å². The molecule has 3 fully saturated rings. The Hall–Kier alpha value is -2.37. The number of rotatable bonds is 11. The molecule has 2 N–H and O–H groups in total. The van der Waals surface area contributed by atoms with Gasteiger partial charge in [-0.3, -0.25) is 14.5 Å². The molecule has 1 aromatic carbocycles. The average molecular weight is 535 g/mol. The third kappa shape index (κ3) is 6.86. The molecule has 4 aliphatic rings. The fourth-order valence-electron chi connectivity index (χ4n) is 7.78. The van der Waals surface area contributed by atoms with E-state index in [4.69, 9.17) is 10.7 Å². The largest absolute Gasteiger partial charge is 0.369 e. The highest BCUT2D eigenvalue weighted by atomic mass is 16.2. The van der Waals surface area contributed by atoms with Gasteiger partial charge in [-0.05, 0) is 54.6 Å². The summed E-state index contributed by atoms with van der Waals surface area (Å²) >= 11 is 0. The van der Waals surface area contributed by atoms with E-state index in [2.05, 4.69) is 31.2 Å². The van der Waals surface area contributed by atoms with E-state index in [1.54, 1.807) is 4.90 Å². The monoisotopic (exact) mass is 534 g/mol. The Labute approximate surface area is 235 Å². The lowest BCUT2D eigenvalue weighted by molar-refractivity contribution is -0.133. The molecule has 0 radical (unpaired) electrons. The fourth-order valence-corrected chi connectivity index (χ4v) is 7.78. The Morgan fingerprint density at radius 3 is 2.10 bits per heavy atom. The van der Waals surface area contributed by atoms with Crippen LogP contribution in [0.5, 0.6) is 0 Å². The van der Waals surface area contributed by atoms with Crippen molar-refractivity contribution in [1.29, 1.82) is 0 Å². The molecule has 2 amide bonds. The number of carbonyl (C=O) groups is 2. The van der Waals surface area contributed by atoms with Crippen molar-refractivity contribution in [3.63, 3.8) is 0 Å². The van der Waals surface area contributed by atoms with E-state index in [0.29, 0.717) is 37.3 Å². The maximum absolute atomic E-state index is 14.1. The zero-order chi connectivity index (χ0) is 27.2. The molecule has 39 heavy (non-hydrogen) atoms. The highest BCUT2D eigenvalue weighted by molar-refractivity contribution is 6.06. The molecular formula is C33H50N4O2. The third-order valence-corrected chi connectivity index (χ3v) is 10.0. The summed E-state index contributed by atoms with van der Waals surface area (Å²) in [5.41, 5.74) is 8.03. The molecule has 2 aliphatic heterocycles. The van der Waals surface area contributed by atoms with E-state index in [1.165, 1.54) is 64.2 Å². The first-order valence-corrected chi connectivity index (χ1v) is 16.0. The Kier molecular flexibility index (Phi) is 9.29. The van der Waals surface area contributed by atoms with Crippen LogP contribution in [0.4, 0.5) is 0 Å². The number of likely N-dealkylation sites (tertiary alicyclic amines) is 1. The van der Waals surface area contributed by atoms with Gasteiger partial charge in [-0.15, -0.1) is 0 Å². The van der Waals surface area contributed by atoms with Crippen LogP contribution in [0.25, 0.3) is 0 Å². The van der Waals surface area contributed by atoms with Gasteiger partial charge in [0.15, 0.2) is 5.96 Å². The second-order valence-corrected chi connectivity index (χ2v) is 13.1. The lowest BCUT2D eigenvalue weighted by atomic mass is 9.75. The van der Waals surface area contributed by atoms with E-state index in [-0.39, 0.29) is 11.8 Å². The van der Waals surface area contributed by atoms with Crippen molar-refractivity contribution in [2.24, 2.45) is 28.5 Å². The molecule has 0 spiro atoms. The van der Waals surface area contributed by atoms with Gasteiger partial charge in [-0.1, -0.05) is 102 Å². The summed E-state index contributed by atoms with van der Waals surface area (Å²) in [7, 11) is 0. The molecule has 1 aromatic rings. The summed E-state index contributed by atoms with van der Waals surface area (Å²) in [6.07, 6.45) is 18.6. The minimum Gasteiger partial charge on any atom is -0.369 e. The second kappa shape index (κ2) is 12.9. The SMILES string of the molecule is CCC[C@@H]1CC(=O)N(Cc2ccc(CN3C(=O)[C@@](CCC4CCCCC4)(CC4CCCCC4)N=C3N)cc2)C1. The lowest BCUT2D eigenvalue weighted by Crippen LogP contribution is -2.45. The highest BCUT2D eigenvalue weighted by Crippen LogP contribution is 2.41. The topological polar surface area (TPSA) is 79.0 Å². The van der Waals surface area contributed by atoms with E-state index >= 15 is 0 Å². The van der Waals surface area contributed by atoms with Crippen LogP contribution < -0.4 is 5.73 Å². The van der Waals surface area contributed by atoms with Crippen LogP contribution in [-0.4, -0.2) is 39.7 Å². The predicted octanol–water partition coefficient (Wildman–Crippen LogP) is 6.56. The molecule has 5 rings (SSSR count). The van der Waals surface area contributed by atoms with Crippen molar-refractivity contribution < 1.29 is 9.59 Å². The molecular weight excluding hydrogens is 484 g/mol. The van der Waals surface area contributed by atoms with Gasteiger partial charge in [0.1, 0.15) is 5.54 Å². The number of guanidine groups is 1. The fraction of sp³-hybridized carbons (Fsp3) is 0.727. The van der Waals surface area contributed by atoms with Gasteiger partial charge in [-0.2, -0.15) is 0 Å². The van der Waals surface area contributed by atoms with Crippen molar-refractivity contribution in [2.75, 3.05) is 6.54 Å². The Balaban J connectivity index is 1.23. The van der Waals surface area contributed by atoms with Crippen molar-refractivity contribution in [3.8, 4) is 0 Å². The number of hydrogen-bond donors (Lipinski definition) is 1. The predicted molar refractivity (Wildman–Crippen MR) is 157 cm³/mol. The maximum atomic E-state index is 14.1. The summed E-state index contributed by atoms with van der Waals surface area (Å²) in [5, 5.41) is 0. The highest BCUT2D eigenvalue weighted by Gasteiger charge is 2.48. The van der Waals surface area contributed by atoms with E-state index in [0.717, 1.165) is 55.7 Å². The summed E-state index contributed by atoms with van der Waals surface area (Å²) in [6, 6.07) is 8.37. The van der Waals surface area contributed by atoms with Gasteiger partial charge in [0.2, 0.25) is 5.91 Å². The van der Waals surface area contributed by atoms with Crippen molar-refractivity contribution >= 4 is 17.8 Å². The number of aliphatic imine (C=N–C) groups is 1. The number of hydrogen-bond acceptors (Lipinski definition) is 4. The molecule has 2 heterocycles. The van der Waals surface area contributed by atoms with E-state index in [9.17, 15) is 9.59 Å². The number of benzene rings is 1. The number of nitrogens with zero attached hydrogens (tertiary/aromatic N) is 3. The standard InChI is InChI=1S/C33H50N4O2/c1-2-9-29-20-30(38)36(23-29)22-27-14-16-28(17-15-27)24-37-31(39)33(35-32(37)34,21-26-12-7-4-8-13-26)19-18-25-10-5-3-6-11-25/h14-17,25-26,29H,2-13,18-24H2,1H3,(H2,34,35)/t29-,33-/m1/s1. The minimum absolute atomic E-state index is 0.120. The van der Waals surface area contributed by atoms with Gasteiger partial charge < -0.3 is 10.6 Å². The van der Waals surface area contributed by atoms with E-state index in [1.807, 2.05) is 4.90 Å². The molecule has 6 nitrogen and oxygen atoms in total. The normalized spacial score (nSPS) is 27.0.